The van der Waals surface area contributed by atoms with Gasteiger partial charge in [0.05, 0.1) is 24.1 Å². The van der Waals surface area contributed by atoms with E-state index in [-0.39, 0.29) is 17.8 Å². The number of ether oxygens (including phenoxy) is 2. The molecule has 4 heterocycles. The maximum Gasteiger partial charge on any atom is 0.263 e. The van der Waals surface area contributed by atoms with E-state index in [9.17, 15) is 4.79 Å². The Kier molecular flexibility index (Phi) is 4.81. The van der Waals surface area contributed by atoms with E-state index in [2.05, 4.69) is 0 Å². The molecule has 2 atom stereocenters. The molecule has 140 valence electrons. The number of hydrogen-bond acceptors (Lipinski definition) is 6. The minimum absolute atomic E-state index is 0.139. The van der Waals surface area contributed by atoms with Gasteiger partial charge in [-0.1, -0.05) is 11.8 Å². The smallest absolute Gasteiger partial charge is 0.263 e. The van der Waals surface area contributed by atoms with Gasteiger partial charge >= 0.3 is 0 Å². The average Bonchev–Trinajstić information content (AvgIpc) is 3.41. The lowest BCUT2D eigenvalue weighted by molar-refractivity contribution is 0.0937. The Hall–Kier alpha value is -0.890. The lowest BCUT2D eigenvalue weighted by atomic mass is 10.2. The predicted molar refractivity (Wildman–Crippen MR) is 105 cm³/mol. The molecule has 0 aromatic carbocycles. The average molecular weight is 393 g/mol. The number of aryl methyl sites for hydroxylation is 2. The Morgan fingerprint density at radius 3 is 2.69 bits per heavy atom. The summed E-state index contributed by atoms with van der Waals surface area (Å²) in [7, 11) is 0. The van der Waals surface area contributed by atoms with E-state index >= 15 is 0 Å². The normalized spacial score (nSPS) is 25.4. The van der Waals surface area contributed by atoms with Crippen molar-refractivity contribution in [2.24, 2.45) is 0 Å². The summed E-state index contributed by atoms with van der Waals surface area (Å²) in [5.74, 6) is 0.870. The van der Waals surface area contributed by atoms with Gasteiger partial charge in [0.15, 0.2) is 5.16 Å². The first kappa shape index (κ1) is 17.2. The number of fused-ring (bicyclic) bond motifs is 3. The molecule has 2 fully saturated rings. The summed E-state index contributed by atoms with van der Waals surface area (Å²) in [6.07, 6.45) is 8.07. The van der Waals surface area contributed by atoms with Crippen molar-refractivity contribution in [3.8, 4) is 0 Å². The predicted octanol–water partition coefficient (Wildman–Crippen LogP) is 3.40. The minimum Gasteiger partial charge on any atom is -0.377 e. The maximum absolute atomic E-state index is 13.4. The Morgan fingerprint density at radius 1 is 1.12 bits per heavy atom. The third-order valence-electron chi connectivity index (χ3n) is 5.62. The van der Waals surface area contributed by atoms with Crippen LogP contribution in [0.2, 0.25) is 0 Å². The zero-order chi connectivity index (χ0) is 17.5. The maximum atomic E-state index is 13.4. The fraction of sp³-hybridized carbons (Fsp3) is 0.684. The Balaban J connectivity index is 1.53. The highest BCUT2D eigenvalue weighted by Crippen LogP contribution is 2.36. The first-order valence-corrected chi connectivity index (χ1v) is 11.5. The summed E-state index contributed by atoms with van der Waals surface area (Å²) in [4.78, 5) is 20.6. The second-order valence-corrected chi connectivity index (χ2v) is 9.50. The number of aromatic nitrogens is 2. The summed E-state index contributed by atoms with van der Waals surface area (Å²) in [6, 6.07) is 0. The molecule has 0 amide bonds. The molecular formula is C19H24N2O3S2. The second kappa shape index (κ2) is 7.26. The lowest BCUT2D eigenvalue weighted by Gasteiger charge is -2.17. The van der Waals surface area contributed by atoms with Crippen LogP contribution in [-0.2, 0) is 28.9 Å². The highest BCUT2D eigenvalue weighted by atomic mass is 32.2. The van der Waals surface area contributed by atoms with Crippen molar-refractivity contribution in [3.63, 3.8) is 0 Å². The van der Waals surface area contributed by atoms with Crippen molar-refractivity contribution in [1.29, 1.82) is 0 Å². The highest BCUT2D eigenvalue weighted by molar-refractivity contribution is 7.99. The van der Waals surface area contributed by atoms with Crippen molar-refractivity contribution in [2.45, 2.75) is 68.9 Å². The van der Waals surface area contributed by atoms with Crippen LogP contribution in [0.15, 0.2) is 9.95 Å². The molecule has 0 saturated carbocycles. The molecule has 0 bridgehead atoms. The van der Waals surface area contributed by atoms with E-state index in [4.69, 9.17) is 14.5 Å². The summed E-state index contributed by atoms with van der Waals surface area (Å²) in [5, 5.41) is 1.72. The molecule has 2 aromatic rings. The SMILES string of the molecule is O=c1c2c3c(sc2nc(SC[C@H]2CCCO2)n1C[C@H]1CCCO1)CCC3. The van der Waals surface area contributed by atoms with Gasteiger partial charge in [0.1, 0.15) is 4.83 Å². The first-order valence-electron chi connectivity index (χ1n) is 9.70. The van der Waals surface area contributed by atoms with Crippen molar-refractivity contribution in [2.75, 3.05) is 19.0 Å². The van der Waals surface area contributed by atoms with Crippen LogP contribution in [-0.4, -0.2) is 40.7 Å². The van der Waals surface area contributed by atoms with Gasteiger partial charge in [0.25, 0.3) is 5.56 Å². The van der Waals surface area contributed by atoms with Crippen molar-refractivity contribution in [1.82, 2.24) is 9.55 Å². The number of nitrogens with zero attached hydrogens (tertiary/aromatic N) is 2. The van der Waals surface area contributed by atoms with Crippen molar-refractivity contribution in [3.05, 3.63) is 20.8 Å². The van der Waals surface area contributed by atoms with Crippen LogP contribution in [0.25, 0.3) is 10.2 Å². The van der Waals surface area contributed by atoms with Crippen LogP contribution in [0, 0.1) is 0 Å². The van der Waals surface area contributed by atoms with Gasteiger partial charge in [-0.05, 0) is 50.5 Å². The Labute approximate surface area is 161 Å². The van der Waals surface area contributed by atoms with E-state index in [1.165, 1.54) is 10.4 Å². The van der Waals surface area contributed by atoms with Gasteiger partial charge in [-0.3, -0.25) is 9.36 Å². The van der Waals surface area contributed by atoms with E-state index in [1.807, 2.05) is 4.57 Å². The molecule has 2 aliphatic heterocycles. The molecule has 26 heavy (non-hydrogen) atoms. The summed E-state index contributed by atoms with van der Waals surface area (Å²) in [6.45, 7) is 2.29. The molecule has 0 unspecified atom stereocenters. The van der Waals surface area contributed by atoms with Gasteiger partial charge < -0.3 is 9.47 Å². The second-order valence-electron chi connectivity index (χ2n) is 7.43. The van der Waals surface area contributed by atoms with E-state index in [0.717, 1.165) is 79.3 Å². The summed E-state index contributed by atoms with van der Waals surface area (Å²) >= 11 is 3.40. The van der Waals surface area contributed by atoms with Crippen molar-refractivity contribution < 1.29 is 9.47 Å². The Bertz CT molecular complexity index is 864. The topological polar surface area (TPSA) is 53.3 Å². The fourth-order valence-electron chi connectivity index (χ4n) is 4.26. The molecule has 2 aromatic heterocycles. The molecule has 1 aliphatic carbocycles. The third-order valence-corrected chi connectivity index (χ3v) is 7.92. The zero-order valence-electron chi connectivity index (χ0n) is 14.9. The zero-order valence-corrected chi connectivity index (χ0v) is 16.5. The third kappa shape index (κ3) is 3.13. The van der Waals surface area contributed by atoms with Gasteiger partial charge in [-0.15, -0.1) is 11.3 Å². The Morgan fingerprint density at radius 2 is 1.92 bits per heavy atom. The van der Waals surface area contributed by atoms with Gasteiger partial charge in [0.2, 0.25) is 0 Å². The van der Waals surface area contributed by atoms with Crippen LogP contribution in [0.3, 0.4) is 0 Å². The molecule has 2 saturated heterocycles. The molecule has 0 N–H and O–H groups in total. The van der Waals surface area contributed by atoms with Gasteiger partial charge in [0, 0.05) is 23.8 Å². The lowest BCUT2D eigenvalue weighted by Crippen LogP contribution is -2.29. The van der Waals surface area contributed by atoms with Crippen LogP contribution in [0.1, 0.15) is 42.5 Å². The molecule has 0 spiro atoms. The summed E-state index contributed by atoms with van der Waals surface area (Å²) < 4.78 is 13.5. The van der Waals surface area contributed by atoms with Crippen LogP contribution >= 0.6 is 23.1 Å². The number of thioether (sulfide) groups is 1. The molecule has 5 nitrogen and oxygen atoms in total. The monoisotopic (exact) mass is 392 g/mol. The van der Waals surface area contributed by atoms with E-state index in [1.54, 1.807) is 23.1 Å². The standard InChI is InChI=1S/C19H24N2O3S2/c22-18-16-14-6-1-7-15(14)26-17(16)20-19(25-11-13-5-3-9-24-13)21(18)10-12-4-2-8-23-12/h12-13H,1-11H2/t12-,13-/m1/s1. The van der Waals surface area contributed by atoms with E-state index in [0.29, 0.717) is 6.54 Å². The van der Waals surface area contributed by atoms with Crippen LogP contribution in [0.5, 0.6) is 0 Å². The summed E-state index contributed by atoms with van der Waals surface area (Å²) in [5.41, 5.74) is 1.40. The largest absolute Gasteiger partial charge is 0.377 e. The van der Waals surface area contributed by atoms with Crippen LogP contribution in [0.4, 0.5) is 0 Å². The molecular weight excluding hydrogens is 368 g/mol. The number of rotatable bonds is 5. The molecule has 5 rings (SSSR count). The van der Waals surface area contributed by atoms with Gasteiger partial charge in [-0.25, -0.2) is 4.98 Å². The molecule has 0 radical (unpaired) electrons. The van der Waals surface area contributed by atoms with Crippen molar-refractivity contribution >= 4 is 33.3 Å². The minimum atomic E-state index is 0.139. The number of hydrogen-bond donors (Lipinski definition) is 0. The quantitative estimate of drug-likeness (QED) is 0.577. The number of thiophene rings is 1. The first-order chi connectivity index (χ1) is 12.8. The fourth-order valence-corrected chi connectivity index (χ4v) is 6.64. The van der Waals surface area contributed by atoms with Gasteiger partial charge in [-0.2, -0.15) is 0 Å². The van der Waals surface area contributed by atoms with E-state index < -0.39 is 0 Å². The molecule has 3 aliphatic rings. The highest BCUT2D eigenvalue weighted by Gasteiger charge is 2.26. The van der Waals surface area contributed by atoms with Crippen LogP contribution < -0.4 is 5.56 Å². The molecule has 7 heteroatoms.